The molecule has 3 aromatic rings. The van der Waals surface area contributed by atoms with E-state index in [1.54, 1.807) is 12.4 Å². The molecule has 6 nitrogen and oxygen atoms in total. The van der Waals surface area contributed by atoms with Crippen molar-refractivity contribution in [3.05, 3.63) is 65.0 Å². The number of fused-ring (bicyclic) bond motifs is 1. The minimum Gasteiger partial charge on any atom is -0.486 e. The van der Waals surface area contributed by atoms with Crippen LogP contribution in [0.4, 0.5) is 5.82 Å². The van der Waals surface area contributed by atoms with Crippen LogP contribution in [0.5, 0.6) is 11.5 Å². The molecule has 0 fully saturated rings. The monoisotopic (exact) mass is 375 g/mol. The highest BCUT2D eigenvalue weighted by molar-refractivity contribution is 6.05. The number of aryl methyl sites for hydroxylation is 3. The van der Waals surface area contributed by atoms with Gasteiger partial charge in [-0.2, -0.15) is 0 Å². The zero-order chi connectivity index (χ0) is 19.7. The highest BCUT2D eigenvalue weighted by atomic mass is 16.6. The first-order valence-corrected chi connectivity index (χ1v) is 9.13. The lowest BCUT2D eigenvalue weighted by molar-refractivity contribution is 0.102. The first-order valence-electron chi connectivity index (χ1n) is 9.13. The summed E-state index contributed by atoms with van der Waals surface area (Å²) in [5, 5.41) is 2.83. The molecule has 1 N–H and O–H groups in total. The molecule has 1 aromatic heterocycles. The molecule has 0 radical (unpaired) electrons. The summed E-state index contributed by atoms with van der Waals surface area (Å²) in [6.07, 6.45) is 3.22. The van der Waals surface area contributed by atoms with Crippen LogP contribution in [0.3, 0.4) is 0 Å². The normalized spacial score (nSPS) is 12.5. The van der Waals surface area contributed by atoms with Crippen molar-refractivity contribution < 1.29 is 14.3 Å². The molecule has 2 aromatic carbocycles. The van der Waals surface area contributed by atoms with E-state index in [0.717, 1.165) is 28.0 Å². The van der Waals surface area contributed by atoms with Gasteiger partial charge in [0.05, 0.1) is 18.1 Å². The first-order chi connectivity index (χ1) is 13.5. The van der Waals surface area contributed by atoms with Gasteiger partial charge in [0.1, 0.15) is 13.2 Å². The van der Waals surface area contributed by atoms with Crippen LogP contribution in [0.15, 0.2) is 42.7 Å². The Morgan fingerprint density at radius 3 is 2.25 bits per heavy atom. The highest BCUT2D eigenvalue weighted by Crippen LogP contribution is 2.36. The molecule has 4 rings (SSSR count). The Bertz CT molecular complexity index is 1030. The Kier molecular flexibility index (Phi) is 4.69. The van der Waals surface area contributed by atoms with Gasteiger partial charge in [0, 0.05) is 11.1 Å². The van der Waals surface area contributed by atoms with E-state index in [9.17, 15) is 4.79 Å². The van der Waals surface area contributed by atoms with Crippen LogP contribution < -0.4 is 14.8 Å². The number of aromatic nitrogens is 2. The number of ether oxygens (including phenoxy) is 2. The summed E-state index contributed by atoms with van der Waals surface area (Å²) in [5.74, 6) is 1.68. The smallest absolute Gasteiger partial charge is 0.257 e. The molecule has 1 aliphatic heterocycles. The third-order valence-electron chi connectivity index (χ3n) is 4.77. The molecule has 142 valence electrons. The maximum absolute atomic E-state index is 12.6. The van der Waals surface area contributed by atoms with E-state index >= 15 is 0 Å². The molecule has 6 heteroatoms. The van der Waals surface area contributed by atoms with Gasteiger partial charge in [-0.3, -0.25) is 9.78 Å². The molecule has 0 saturated carbocycles. The fourth-order valence-electron chi connectivity index (χ4n) is 3.35. The third kappa shape index (κ3) is 3.41. The molecular weight excluding hydrogens is 354 g/mol. The van der Waals surface area contributed by atoms with Gasteiger partial charge < -0.3 is 14.8 Å². The second-order valence-electron chi connectivity index (χ2n) is 6.82. The highest BCUT2D eigenvalue weighted by Gasteiger charge is 2.17. The lowest BCUT2D eigenvalue weighted by Crippen LogP contribution is -2.16. The zero-order valence-corrected chi connectivity index (χ0v) is 16.1. The summed E-state index contributed by atoms with van der Waals surface area (Å²) in [5.41, 5.74) is 5.16. The van der Waals surface area contributed by atoms with Crippen molar-refractivity contribution in [2.24, 2.45) is 0 Å². The number of nitrogens with zero attached hydrogens (tertiary/aromatic N) is 2. The van der Waals surface area contributed by atoms with E-state index in [1.807, 2.05) is 51.1 Å². The van der Waals surface area contributed by atoms with E-state index in [0.29, 0.717) is 36.0 Å². The average Bonchev–Trinajstić information content (AvgIpc) is 2.68. The zero-order valence-electron chi connectivity index (χ0n) is 16.1. The van der Waals surface area contributed by atoms with E-state index in [1.165, 1.54) is 0 Å². The second-order valence-corrected chi connectivity index (χ2v) is 6.82. The van der Waals surface area contributed by atoms with Crippen molar-refractivity contribution in [1.29, 1.82) is 0 Å². The summed E-state index contributed by atoms with van der Waals surface area (Å²) in [7, 11) is 0. The average molecular weight is 375 g/mol. The molecule has 0 atom stereocenters. The third-order valence-corrected chi connectivity index (χ3v) is 4.77. The number of anilines is 1. The number of nitrogens with one attached hydrogen (secondary N) is 1. The molecule has 0 bridgehead atoms. The van der Waals surface area contributed by atoms with Crippen LogP contribution in [0, 0.1) is 20.8 Å². The summed E-state index contributed by atoms with van der Waals surface area (Å²) >= 11 is 0. The molecule has 0 saturated heterocycles. The Morgan fingerprint density at radius 1 is 0.929 bits per heavy atom. The Labute approximate surface area is 163 Å². The predicted octanol–water partition coefficient (Wildman–Crippen LogP) is 4.09. The Balaban J connectivity index is 1.57. The molecule has 1 aliphatic rings. The van der Waals surface area contributed by atoms with Crippen molar-refractivity contribution in [1.82, 2.24) is 9.97 Å². The maximum atomic E-state index is 12.6. The SMILES string of the molecule is Cc1cc2c(cc1-c1cnc(NC(=O)c3c(C)cccc3C)cn1)OCCO2. The van der Waals surface area contributed by atoms with Gasteiger partial charge >= 0.3 is 0 Å². The molecule has 0 spiro atoms. The second kappa shape index (κ2) is 7.31. The summed E-state index contributed by atoms with van der Waals surface area (Å²) in [6.45, 7) is 6.92. The van der Waals surface area contributed by atoms with Crippen molar-refractivity contribution in [3.63, 3.8) is 0 Å². The van der Waals surface area contributed by atoms with Crippen molar-refractivity contribution >= 4 is 11.7 Å². The summed E-state index contributed by atoms with van der Waals surface area (Å²) in [6, 6.07) is 9.64. The van der Waals surface area contributed by atoms with Gasteiger partial charge in [-0.05, 0) is 49.6 Å². The number of carbonyl (C=O) groups excluding carboxylic acids is 1. The molecular formula is C22H21N3O3. The van der Waals surface area contributed by atoms with E-state index < -0.39 is 0 Å². The fraction of sp³-hybridized carbons (Fsp3) is 0.227. The van der Waals surface area contributed by atoms with Crippen molar-refractivity contribution in [2.75, 3.05) is 18.5 Å². The maximum Gasteiger partial charge on any atom is 0.257 e. The molecule has 0 unspecified atom stereocenters. The topological polar surface area (TPSA) is 73.3 Å². The quantitative estimate of drug-likeness (QED) is 0.746. The van der Waals surface area contributed by atoms with Crippen LogP contribution in [0.1, 0.15) is 27.0 Å². The molecule has 0 aliphatic carbocycles. The van der Waals surface area contributed by atoms with Crippen LogP contribution in [-0.4, -0.2) is 29.1 Å². The standard InChI is InChI=1S/C22H21N3O3/c1-13-5-4-6-14(2)21(13)22(26)25-20-12-23-17(11-24-20)16-10-19-18(9-15(16)3)27-7-8-28-19/h4-6,9-12H,7-8H2,1-3H3,(H,24,25,26). The van der Waals surface area contributed by atoms with Gasteiger partial charge in [0.2, 0.25) is 0 Å². The Morgan fingerprint density at radius 2 is 1.61 bits per heavy atom. The van der Waals surface area contributed by atoms with E-state index in [2.05, 4.69) is 15.3 Å². The van der Waals surface area contributed by atoms with Crippen LogP contribution in [-0.2, 0) is 0 Å². The van der Waals surface area contributed by atoms with Gasteiger partial charge in [0.25, 0.3) is 5.91 Å². The number of amides is 1. The predicted molar refractivity (Wildman–Crippen MR) is 107 cm³/mol. The minimum atomic E-state index is -0.187. The lowest BCUT2D eigenvalue weighted by atomic mass is 10.0. The van der Waals surface area contributed by atoms with Crippen LogP contribution in [0.25, 0.3) is 11.3 Å². The number of carbonyl (C=O) groups is 1. The van der Waals surface area contributed by atoms with Gasteiger partial charge in [-0.25, -0.2) is 4.98 Å². The molecule has 1 amide bonds. The fourth-order valence-corrected chi connectivity index (χ4v) is 3.35. The van der Waals surface area contributed by atoms with Crippen molar-refractivity contribution in [3.8, 4) is 22.8 Å². The summed E-state index contributed by atoms with van der Waals surface area (Å²) < 4.78 is 11.3. The van der Waals surface area contributed by atoms with Crippen LogP contribution >= 0.6 is 0 Å². The van der Waals surface area contributed by atoms with E-state index in [-0.39, 0.29) is 5.91 Å². The molecule has 28 heavy (non-hydrogen) atoms. The summed E-state index contributed by atoms with van der Waals surface area (Å²) in [4.78, 5) is 21.5. The van der Waals surface area contributed by atoms with Gasteiger partial charge in [-0.15, -0.1) is 0 Å². The van der Waals surface area contributed by atoms with Crippen molar-refractivity contribution in [2.45, 2.75) is 20.8 Å². The number of hydrogen-bond acceptors (Lipinski definition) is 5. The largest absolute Gasteiger partial charge is 0.486 e. The minimum absolute atomic E-state index is 0.187. The van der Waals surface area contributed by atoms with Crippen LogP contribution in [0.2, 0.25) is 0 Å². The lowest BCUT2D eigenvalue weighted by Gasteiger charge is -2.20. The Hall–Kier alpha value is -3.41. The van der Waals surface area contributed by atoms with E-state index in [4.69, 9.17) is 9.47 Å². The number of hydrogen-bond donors (Lipinski definition) is 1. The van der Waals surface area contributed by atoms with Gasteiger partial charge in [-0.1, -0.05) is 18.2 Å². The number of rotatable bonds is 3. The first kappa shape index (κ1) is 18.0. The number of benzene rings is 2. The van der Waals surface area contributed by atoms with Gasteiger partial charge in [0.15, 0.2) is 17.3 Å². The molecule has 2 heterocycles.